The Morgan fingerprint density at radius 1 is 1.08 bits per heavy atom. The van der Waals surface area contributed by atoms with Crippen molar-refractivity contribution in [1.29, 1.82) is 0 Å². The molecule has 0 heterocycles. The third kappa shape index (κ3) is 5.58. The number of carbonyl (C=O) groups is 2. The van der Waals surface area contributed by atoms with Gasteiger partial charge in [0, 0.05) is 7.11 Å². The molecule has 130 valence electrons. The van der Waals surface area contributed by atoms with E-state index >= 15 is 0 Å². The van der Waals surface area contributed by atoms with Crippen LogP contribution in [-0.4, -0.2) is 25.0 Å². The molecule has 2 amide bonds. The summed E-state index contributed by atoms with van der Waals surface area (Å²) in [5, 5.41) is 2.66. The number of hydrogen-bond donors (Lipinski definition) is 2. The molecule has 0 saturated heterocycles. The van der Waals surface area contributed by atoms with E-state index in [4.69, 9.17) is 10.5 Å². The van der Waals surface area contributed by atoms with Gasteiger partial charge in [0.25, 0.3) is 5.91 Å². The second-order valence-electron chi connectivity index (χ2n) is 5.54. The summed E-state index contributed by atoms with van der Waals surface area (Å²) >= 11 is 0. The number of benzene rings is 2. The van der Waals surface area contributed by atoms with Crippen molar-refractivity contribution < 1.29 is 14.3 Å². The van der Waals surface area contributed by atoms with E-state index in [0.29, 0.717) is 12.0 Å². The lowest BCUT2D eigenvalue weighted by Gasteiger charge is -2.19. The van der Waals surface area contributed by atoms with E-state index in [9.17, 15) is 9.59 Å². The Bertz CT molecular complexity index is 714. The van der Waals surface area contributed by atoms with Crippen LogP contribution in [0.4, 0.5) is 0 Å². The summed E-state index contributed by atoms with van der Waals surface area (Å²) in [7, 11) is 1.45. The Morgan fingerprint density at radius 3 is 2.24 bits per heavy atom. The van der Waals surface area contributed by atoms with Crippen molar-refractivity contribution in [3.05, 3.63) is 77.9 Å². The zero-order chi connectivity index (χ0) is 18.1. The summed E-state index contributed by atoms with van der Waals surface area (Å²) < 4.78 is 5.27. The van der Waals surface area contributed by atoms with Crippen molar-refractivity contribution in [2.24, 2.45) is 5.73 Å². The molecule has 25 heavy (non-hydrogen) atoms. The molecule has 0 fully saturated rings. The van der Waals surface area contributed by atoms with Crippen LogP contribution in [0.25, 0.3) is 6.08 Å². The lowest BCUT2D eigenvalue weighted by molar-refractivity contribution is -0.134. The second kappa shape index (κ2) is 9.39. The van der Waals surface area contributed by atoms with E-state index in [1.165, 1.54) is 7.11 Å². The SMILES string of the molecule is CO[C@H](C(=O)N[C@@H](C/C=C/c1ccccc1)C(N)=O)c1ccccc1. The molecule has 5 nitrogen and oxygen atoms in total. The molecule has 2 atom stereocenters. The molecule has 0 unspecified atom stereocenters. The zero-order valence-corrected chi connectivity index (χ0v) is 14.1. The quantitative estimate of drug-likeness (QED) is 0.776. The Balaban J connectivity index is 2.01. The van der Waals surface area contributed by atoms with Gasteiger partial charge in [-0.3, -0.25) is 9.59 Å². The average Bonchev–Trinajstić information content (AvgIpc) is 2.63. The largest absolute Gasteiger partial charge is 0.368 e. The first-order chi connectivity index (χ1) is 12.1. The van der Waals surface area contributed by atoms with Crippen molar-refractivity contribution in [3.8, 4) is 0 Å². The monoisotopic (exact) mass is 338 g/mol. The molecular weight excluding hydrogens is 316 g/mol. The van der Waals surface area contributed by atoms with Crippen molar-refractivity contribution in [1.82, 2.24) is 5.32 Å². The smallest absolute Gasteiger partial charge is 0.254 e. The van der Waals surface area contributed by atoms with Crippen LogP contribution in [0.2, 0.25) is 0 Å². The molecule has 0 aromatic heterocycles. The van der Waals surface area contributed by atoms with Gasteiger partial charge in [0.2, 0.25) is 5.91 Å². The predicted molar refractivity (Wildman–Crippen MR) is 97.4 cm³/mol. The van der Waals surface area contributed by atoms with Gasteiger partial charge in [0.1, 0.15) is 6.04 Å². The van der Waals surface area contributed by atoms with E-state index in [0.717, 1.165) is 5.56 Å². The van der Waals surface area contributed by atoms with E-state index in [1.807, 2.05) is 60.7 Å². The van der Waals surface area contributed by atoms with Gasteiger partial charge in [-0.05, 0) is 17.5 Å². The van der Waals surface area contributed by atoms with Gasteiger partial charge in [-0.15, -0.1) is 0 Å². The van der Waals surface area contributed by atoms with Gasteiger partial charge in [-0.2, -0.15) is 0 Å². The van der Waals surface area contributed by atoms with Crippen LogP contribution in [0.3, 0.4) is 0 Å². The highest BCUT2D eigenvalue weighted by Gasteiger charge is 2.24. The summed E-state index contributed by atoms with van der Waals surface area (Å²) in [6.07, 6.45) is 3.21. The van der Waals surface area contributed by atoms with Crippen LogP contribution < -0.4 is 11.1 Å². The van der Waals surface area contributed by atoms with Crippen LogP contribution in [0.5, 0.6) is 0 Å². The standard InChI is InChI=1S/C20H22N2O3/c1-25-18(16-12-6-3-7-13-16)20(24)22-17(19(21)23)14-8-11-15-9-4-2-5-10-15/h2-13,17-18H,14H2,1H3,(H2,21,23)(H,22,24)/b11-8+/t17-,18-/m0/s1. The Kier molecular flexibility index (Phi) is 6.92. The van der Waals surface area contributed by atoms with Gasteiger partial charge >= 0.3 is 0 Å². The van der Waals surface area contributed by atoms with Crippen LogP contribution in [0, 0.1) is 0 Å². The molecule has 0 spiro atoms. The van der Waals surface area contributed by atoms with Crippen LogP contribution in [-0.2, 0) is 14.3 Å². The van der Waals surface area contributed by atoms with E-state index < -0.39 is 24.0 Å². The van der Waals surface area contributed by atoms with Crippen LogP contribution >= 0.6 is 0 Å². The number of nitrogens with one attached hydrogen (secondary N) is 1. The fourth-order valence-electron chi connectivity index (χ4n) is 2.42. The molecule has 2 aromatic rings. The Morgan fingerprint density at radius 2 is 1.68 bits per heavy atom. The number of primary amides is 1. The van der Waals surface area contributed by atoms with Crippen molar-refractivity contribution in [2.45, 2.75) is 18.6 Å². The third-order valence-corrected chi connectivity index (χ3v) is 3.72. The molecule has 2 aromatic carbocycles. The minimum Gasteiger partial charge on any atom is -0.368 e. The maximum atomic E-state index is 12.5. The predicted octanol–water partition coefficient (Wildman–Crippen LogP) is 2.45. The van der Waals surface area contributed by atoms with Crippen molar-refractivity contribution in [3.63, 3.8) is 0 Å². The first-order valence-corrected chi connectivity index (χ1v) is 8.01. The molecule has 0 radical (unpaired) electrons. The van der Waals surface area contributed by atoms with E-state index in [-0.39, 0.29) is 0 Å². The van der Waals surface area contributed by atoms with Crippen LogP contribution in [0.15, 0.2) is 66.7 Å². The van der Waals surface area contributed by atoms with Crippen molar-refractivity contribution >= 4 is 17.9 Å². The molecule has 2 rings (SSSR count). The van der Waals surface area contributed by atoms with E-state index in [1.54, 1.807) is 12.1 Å². The summed E-state index contributed by atoms with van der Waals surface area (Å²) in [5.74, 6) is -0.986. The summed E-state index contributed by atoms with van der Waals surface area (Å²) in [4.78, 5) is 24.1. The number of hydrogen-bond acceptors (Lipinski definition) is 3. The topological polar surface area (TPSA) is 81.4 Å². The molecule has 3 N–H and O–H groups in total. The highest BCUT2D eigenvalue weighted by Crippen LogP contribution is 2.16. The number of amides is 2. The summed E-state index contributed by atoms with van der Waals surface area (Å²) in [6.45, 7) is 0. The van der Waals surface area contributed by atoms with Gasteiger partial charge in [0.15, 0.2) is 6.10 Å². The molecule has 0 aliphatic rings. The number of carbonyl (C=O) groups excluding carboxylic acids is 2. The maximum Gasteiger partial charge on any atom is 0.254 e. The van der Waals surface area contributed by atoms with E-state index in [2.05, 4.69) is 5.32 Å². The lowest BCUT2D eigenvalue weighted by Crippen LogP contribution is -2.46. The number of nitrogens with two attached hydrogens (primary N) is 1. The van der Waals surface area contributed by atoms with Gasteiger partial charge in [-0.25, -0.2) is 0 Å². The average molecular weight is 338 g/mol. The Labute approximate surface area is 147 Å². The fourth-order valence-corrected chi connectivity index (χ4v) is 2.42. The molecule has 0 aliphatic carbocycles. The minimum absolute atomic E-state index is 0.307. The summed E-state index contributed by atoms with van der Waals surface area (Å²) in [5.41, 5.74) is 7.14. The number of rotatable bonds is 8. The highest BCUT2D eigenvalue weighted by molar-refractivity contribution is 5.89. The molecular formula is C20H22N2O3. The lowest BCUT2D eigenvalue weighted by atomic mass is 10.1. The van der Waals surface area contributed by atoms with Gasteiger partial charge in [-0.1, -0.05) is 72.8 Å². The first kappa shape index (κ1) is 18.4. The van der Waals surface area contributed by atoms with Gasteiger partial charge in [0.05, 0.1) is 0 Å². The second-order valence-corrected chi connectivity index (χ2v) is 5.54. The summed E-state index contributed by atoms with van der Waals surface area (Å²) in [6, 6.07) is 18.0. The molecule has 0 saturated carbocycles. The molecule has 5 heteroatoms. The maximum absolute atomic E-state index is 12.5. The highest BCUT2D eigenvalue weighted by atomic mass is 16.5. The number of methoxy groups -OCH3 is 1. The van der Waals surface area contributed by atoms with Crippen molar-refractivity contribution in [2.75, 3.05) is 7.11 Å². The third-order valence-electron chi connectivity index (χ3n) is 3.72. The minimum atomic E-state index is -0.797. The zero-order valence-electron chi connectivity index (χ0n) is 14.1. The normalized spacial score (nSPS) is 13.3. The number of ether oxygens (including phenoxy) is 1. The molecule has 0 aliphatic heterocycles. The van der Waals surface area contributed by atoms with Gasteiger partial charge < -0.3 is 15.8 Å². The Hall–Kier alpha value is -2.92. The van der Waals surface area contributed by atoms with Crippen LogP contribution in [0.1, 0.15) is 23.7 Å². The fraction of sp³-hybridized carbons (Fsp3) is 0.200. The molecule has 0 bridgehead atoms. The first-order valence-electron chi connectivity index (χ1n) is 8.01.